The van der Waals surface area contributed by atoms with Crippen molar-refractivity contribution in [3.05, 3.63) is 38.5 Å². The number of benzene rings is 1. The molecule has 3 N–H and O–H groups in total. The molecule has 0 saturated carbocycles. The van der Waals surface area contributed by atoms with Gasteiger partial charge in [-0.2, -0.15) is 0 Å². The van der Waals surface area contributed by atoms with Crippen LogP contribution in [0.2, 0.25) is 0 Å². The molecule has 8 heteroatoms. The first-order valence-electron chi connectivity index (χ1n) is 6.03. The van der Waals surface area contributed by atoms with Gasteiger partial charge in [0.1, 0.15) is 10.6 Å². The van der Waals surface area contributed by atoms with E-state index in [1.807, 2.05) is 6.92 Å². The number of rotatable bonds is 5. The largest absolute Gasteiger partial charge is 0.497 e. The SMILES string of the molecule is COc1ccc(NS(=O)(=O)c2cc(CN)sc2Br)c(C)c1. The van der Waals surface area contributed by atoms with Crippen LogP contribution in [0, 0.1) is 6.92 Å². The second kappa shape index (κ2) is 6.35. The summed E-state index contributed by atoms with van der Waals surface area (Å²) >= 11 is 4.59. The third kappa shape index (κ3) is 3.57. The summed E-state index contributed by atoms with van der Waals surface area (Å²) in [4.78, 5) is 0.997. The van der Waals surface area contributed by atoms with Crippen LogP contribution in [0.1, 0.15) is 10.4 Å². The first-order valence-corrected chi connectivity index (χ1v) is 9.12. The summed E-state index contributed by atoms with van der Waals surface area (Å²) in [5.74, 6) is 0.678. The number of aryl methyl sites for hydroxylation is 1. The number of ether oxygens (including phenoxy) is 1. The van der Waals surface area contributed by atoms with Crippen molar-refractivity contribution >= 4 is 43.0 Å². The molecule has 0 bridgehead atoms. The highest BCUT2D eigenvalue weighted by molar-refractivity contribution is 9.11. The van der Waals surface area contributed by atoms with Crippen LogP contribution in [-0.4, -0.2) is 15.5 Å². The van der Waals surface area contributed by atoms with Gasteiger partial charge in [0.05, 0.1) is 16.6 Å². The van der Waals surface area contributed by atoms with Gasteiger partial charge in [0.2, 0.25) is 0 Å². The minimum Gasteiger partial charge on any atom is -0.497 e. The van der Waals surface area contributed by atoms with Gasteiger partial charge < -0.3 is 10.5 Å². The molecule has 2 aromatic rings. The maximum Gasteiger partial charge on any atom is 0.263 e. The highest BCUT2D eigenvalue weighted by atomic mass is 79.9. The lowest BCUT2D eigenvalue weighted by atomic mass is 10.2. The monoisotopic (exact) mass is 390 g/mol. The van der Waals surface area contributed by atoms with E-state index in [0.29, 0.717) is 21.8 Å². The molecular formula is C13H15BrN2O3S2. The van der Waals surface area contributed by atoms with Crippen molar-refractivity contribution in [2.45, 2.75) is 18.4 Å². The van der Waals surface area contributed by atoms with Crippen LogP contribution in [0.25, 0.3) is 0 Å². The van der Waals surface area contributed by atoms with Gasteiger partial charge in [0.15, 0.2) is 0 Å². The quantitative estimate of drug-likeness (QED) is 0.821. The first kappa shape index (κ1) is 16.3. The van der Waals surface area contributed by atoms with Crippen LogP contribution >= 0.6 is 27.3 Å². The van der Waals surface area contributed by atoms with Crippen LogP contribution < -0.4 is 15.2 Å². The summed E-state index contributed by atoms with van der Waals surface area (Å²) < 4.78 is 33.1. The molecule has 0 atom stereocenters. The van der Waals surface area contributed by atoms with E-state index in [2.05, 4.69) is 20.7 Å². The standard InChI is InChI=1S/C13H15BrN2O3S2/c1-8-5-9(19-2)3-4-11(8)16-21(17,18)12-6-10(7-15)20-13(12)14/h3-6,16H,7,15H2,1-2H3. The molecule has 0 aliphatic rings. The van der Waals surface area contributed by atoms with E-state index in [4.69, 9.17) is 10.5 Å². The Kier molecular flexibility index (Phi) is 4.92. The fourth-order valence-corrected chi connectivity index (χ4v) is 5.45. The summed E-state index contributed by atoms with van der Waals surface area (Å²) in [5, 5.41) is 0. The molecule has 21 heavy (non-hydrogen) atoms. The van der Waals surface area contributed by atoms with Crippen molar-refractivity contribution in [3.63, 3.8) is 0 Å². The molecule has 0 fully saturated rings. The predicted octanol–water partition coefficient (Wildman–Crippen LogP) is 3.09. The van der Waals surface area contributed by atoms with Gasteiger partial charge >= 0.3 is 0 Å². The number of sulfonamides is 1. The van der Waals surface area contributed by atoms with E-state index in [1.54, 1.807) is 31.4 Å². The van der Waals surface area contributed by atoms with Gasteiger partial charge in [-0.05, 0) is 52.7 Å². The summed E-state index contributed by atoms with van der Waals surface area (Å²) in [6, 6.07) is 6.73. The second-order valence-electron chi connectivity index (χ2n) is 4.34. The van der Waals surface area contributed by atoms with E-state index in [-0.39, 0.29) is 4.90 Å². The van der Waals surface area contributed by atoms with Crippen LogP contribution in [0.4, 0.5) is 5.69 Å². The van der Waals surface area contributed by atoms with Gasteiger partial charge in [-0.25, -0.2) is 8.42 Å². The molecule has 114 valence electrons. The number of hydrogen-bond acceptors (Lipinski definition) is 5. The van der Waals surface area contributed by atoms with Crippen molar-refractivity contribution < 1.29 is 13.2 Å². The Morgan fingerprint density at radius 2 is 2.10 bits per heavy atom. The molecule has 0 saturated heterocycles. The smallest absolute Gasteiger partial charge is 0.263 e. The summed E-state index contributed by atoms with van der Waals surface area (Å²) in [5.41, 5.74) is 6.84. The van der Waals surface area contributed by atoms with E-state index in [9.17, 15) is 8.42 Å². The molecule has 0 radical (unpaired) electrons. The van der Waals surface area contributed by atoms with Gasteiger partial charge in [-0.3, -0.25) is 4.72 Å². The minimum absolute atomic E-state index is 0.197. The Morgan fingerprint density at radius 1 is 1.38 bits per heavy atom. The lowest BCUT2D eigenvalue weighted by Gasteiger charge is -2.11. The topological polar surface area (TPSA) is 81.4 Å². The Labute approximate surface area is 136 Å². The van der Waals surface area contributed by atoms with Crippen LogP contribution in [0.3, 0.4) is 0 Å². The predicted molar refractivity (Wildman–Crippen MR) is 88.4 cm³/mol. The number of methoxy groups -OCH3 is 1. The Morgan fingerprint density at radius 3 is 2.62 bits per heavy atom. The molecule has 1 aromatic carbocycles. The van der Waals surface area contributed by atoms with Crippen LogP contribution in [-0.2, 0) is 16.6 Å². The number of halogens is 1. The Hall–Kier alpha value is -1.09. The second-order valence-corrected chi connectivity index (χ2v) is 8.45. The summed E-state index contributed by atoms with van der Waals surface area (Å²) in [7, 11) is -2.09. The zero-order chi connectivity index (χ0) is 15.6. The van der Waals surface area contributed by atoms with Gasteiger partial charge in [0, 0.05) is 11.4 Å². The number of nitrogens with one attached hydrogen (secondary N) is 1. The molecule has 1 aromatic heterocycles. The molecule has 5 nitrogen and oxygen atoms in total. The third-order valence-electron chi connectivity index (χ3n) is 2.88. The molecule has 0 aliphatic heterocycles. The highest BCUT2D eigenvalue weighted by Crippen LogP contribution is 2.33. The van der Waals surface area contributed by atoms with Crippen LogP contribution in [0.15, 0.2) is 32.9 Å². The highest BCUT2D eigenvalue weighted by Gasteiger charge is 2.21. The number of thiophene rings is 1. The van der Waals surface area contributed by atoms with E-state index < -0.39 is 10.0 Å². The molecule has 0 aliphatic carbocycles. The maximum absolute atomic E-state index is 12.5. The third-order valence-corrected chi connectivity index (χ3v) is 6.52. The molecule has 0 spiro atoms. The van der Waals surface area contributed by atoms with Crippen molar-refractivity contribution in [3.8, 4) is 5.75 Å². The zero-order valence-corrected chi connectivity index (χ0v) is 14.7. The lowest BCUT2D eigenvalue weighted by Crippen LogP contribution is -2.13. The minimum atomic E-state index is -3.66. The van der Waals surface area contributed by atoms with E-state index in [1.165, 1.54) is 11.3 Å². The van der Waals surface area contributed by atoms with Gasteiger partial charge in [0.25, 0.3) is 10.0 Å². The van der Waals surface area contributed by atoms with Crippen molar-refractivity contribution in [2.75, 3.05) is 11.8 Å². The molecule has 1 heterocycles. The fourth-order valence-electron chi connectivity index (χ4n) is 1.76. The Balaban J connectivity index is 2.35. The number of nitrogens with two attached hydrogens (primary N) is 1. The molecular weight excluding hydrogens is 376 g/mol. The summed E-state index contributed by atoms with van der Waals surface area (Å²) in [6.45, 7) is 2.12. The first-order chi connectivity index (χ1) is 9.87. The lowest BCUT2D eigenvalue weighted by molar-refractivity contribution is 0.414. The molecule has 0 unspecified atom stereocenters. The zero-order valence-electron chi connectivity index (χ0n) is 11.5. The maximum atomic E-state index is 12.5. The number of anilines is 1. The normalized spacial score (nSPS) is 11.4. The van der Waals surface area contributed by atoms with Crippen molar-refractivity contribution in [2.24, 2.45) is 5.73 Å². The fraction of sp³-hybridized carbons (Fsp3) is 0.231. The average Bonchev–Trinajstić information content (AvgIpc) is 2.83. The van der Waals surface area contributed by atoms with Crippen molar-refractivity contribution in [1.29, 1.82) is 0 Å². The summed E-state index contributed by atoms with van der Waals surface area (Å²) in [6.07, 6.45) is 0. The average molecular weight is 391 g/mol. The molecule has 2 rings (SSSR count). The van der Waals surface area contributed by atoms with E-state index in [0.717, 1.165) is 10.4 Å². The molecule has 0 amide bonds. The van der Waals surface area contributed by atoms with E-state index >= 15 is 0 Å². The van der Waals surface area contributed by atoms with Crippen molar-refractivity contribution in [1.82, 2.24) is 0 Å². The van der Waals surface area contributed by atoms with Gasteiger partial charge in [-0.1, -0.05) is 0 Å². The Bertz CT molecular complexity index is 757. The van der Waals surface area contributed by atoms with Crippen LogP contribution in [0.5, 0.6) is 5.75 Å². The van der Waals surface area contributed by atoms with Gasteiger partial charge in [-0.15, -0.1) is 11.3 Å². The number of hydrogen-bond donors (Lipinski definition) is 2.